The summed E-state index contributed by atoms with van der Waals surface area (Å²) in [7, 11) is 0. The van der Waals surface area contributed by atoms with Gasteiger partial charge in [-0.05, 0) is 75.6 Å². The van der Waals surface area contributed by atoms with E-state index in [0.717, 1.165) is 25.7 Å². The van der Waals surface area contributed by atoms with Crippen LogP contribution in [-0.2, 0) is 19.2 Å². The van der Waals surface area contributed by atoms with Crippen LogP contribution in [0.15, 0.2) is 46.6 Å². The highest BCUT2D eigenvalue weighted by molar-refractivity contribution is 6.34. The van der Waals surface area contributed by atoms with E-state index in [-0.39, 0.29) is 23.6 Å². The van der Waals surface area contributed by atoms with Crippen molar-refractivity contribution in [2.75, 3.05) is 9.80 Å². The van der Waals surface area contributed by atoms with Crippen molar-refractivity contribution < 1.29 is 19.2 Å². The Kier molecular flexibility index (Phi) is 3.82. The Bertz CT molecular complexity index is 863. The number of carbonyl (C=O) groups excluding carboxylic acids is 4. The van der Waals surface area contributed by atoms with Gasteiger partial charge < -0.3 is 0 Å². The van der Waals surface area contributed by atoms with Crippen molar-refractivity contribution in [2.24, 2.45) is 0 Å². The van der Waals surface area contributed by atoms with Crippen molar-refractivity contribution in [3.05, 3.63) is 46.6 Å². The number of amides is 4. The number of carbonyl (C=O) groups is 4. The van der Waals surface area contributed by atoms with E-state index < -0.39 is 0 Å². The molecule has 0 spiro atoms. The summed E-state index contributed by atoms with van der Waals surface area (Å²) >= 11 is 0. The van der Waals surface area contributed by atoms with Gasteiger partial charge in [0, 0.05) is 22.3 Å². The molecule has 6 nitrogen and oxygen atoms in total. The van der Waals surface area contributed by atoms with E-state index >= 15 is 0 Å². The van der Waals surface area contributed by atoms with Crippen LogP contribution >= 0.6 is 0 Å². The van der Waals surface area contributed by atoms with E-state index in [1.165, 1.54) is 9.80 Å². The highest BCUT2D eigenvalue weighted by Crippen LogP contribution is 2.38. The zero-order valence-electron chi connectivity index (χ0n) is 15.5. The van der Waals surface area contributed by atoms with Gasteiger partial charge in [-0.2, -0.15) is 0 Å². The summed E-state index contributed by atoms with van der Waals surface area (Å²) in [5, 5.41) is 0. The van der Waals surface area contributed by atoms with Gasteiger partial charge >= 0.3 is 0 Å². The van der Waals surface area contributed by atoms with Crippen molar-refractivity contribution in [3.8, 4) is 0 Å². The van der Waals surface area contributed by atoms with E-state index in [1.54, 1.807) is 24.3 Å². The first-order chi connectivity index (χ1) is 13.6. The lowest BCUT2D eigenvalue weighted by Crippen LogP contribution is -2.33. The summed E-state index contributed by atoms with van der Waals surface area (Å²) in [5.41, 5.74) is 3.52. The number of hydrogen-bond acceptors (Lipinski definition) is 4. The summed E-state index contributed by atoms with van der Waals surface area (Å²) in [5.74, 6) is -0.952. The zero-order valence-corrected chi connectivity index (χ0v) is 15.5. The van der Waals surface area contributed by atoms with Gasteiger partial charge in [0.1, 0.15) is 0 Å². The quantitative estimate of drug-likeness (QED) is 0.743. The van der Waals surface area contributed by atoms with Crippen LogP contribution in [0.1, 0.15) is 51.4 Å². The molecule has 0 fully saturated rings. The molecule has 142 valence electrons. The van der Waals surface area contributed by atoms with E-state index in [0.29, 0.717) is 59.4 Å². The Morgan fingerprint density at radius 3 is 0.964 bits per heavy atom. The monoisotopic (exact) mass is 376 g/mol. The van der Waals surface area contributed by atoms with Crippen LogP contribution in [0.25, 0.3) is 0 Å². The SMILES string of the molecule is O=C1C2=C(CCCC2)C(=O)N1c1ccc(N2C(=O)C3=C(CCCC3)C2=O)cc1. The fraction of sp³-hybridized carbons (Fsp3) is 0.364. The fourth-order valence-corrected chi connectivity index (χ4v) is 4.70. The maximum atomic E-state index is 12.7. The molecule has 28 heavy (non-hydrogen) atoms. The number of rotatable bonds is 2. The molecular formula is C22H20N2O4. The third-order valence-electron chi connectivity index (χ3n) is 6.15. The summed E-state index contributed by atoms with van der Waals surface area (Å²) in [6, 6.07) is 6.56. The Labute approximate surface area is 162 Å². The maximum Gasteiger partial charge on any atom is 0.261 e. The van der Waals surface area contributed by atoms with Crippen molar-refractivity contribution in [2.45, 2.75) is 51.4 Å². The summed E-state index contributed by atoms with van der Waals surface area (Å²) < 4.78 is 0. The van der Waals surface area contributed by atoms with E-state index in [1.807, 2.05) is 0 Å². The number of imide groups is 2. The third-order valence-corrected chi connectivity index (χ3v) is 6.15. The summed E-state index contributed by atoms with van der Waals surface area (Å²) in [4.78, 5) is 53.2. The predicted octanol–water partition coefficient (Wildman–Crippen LogP) is 3.17. The minimum Gasteiger partial charge on any atom is -0.269 e. The average Bonchev–Trinajstić information content (AvgIpc) is 3.14. The molecular weight excluding hydrogens is 356 g/mol. The van der Waals surface area contributed by atoms with Crippen LogP contribution in [0.3, 0.4) is 0 Å². The minimum absolute atomic E-state index is 0.238. The summed E-state index contributed by atoms with van der Waals surface area (Å²) in [6.45, 7) is 0. The molecule has 1 aromatic rings. The Morgan fingerprint density at radius 2 is 0.714 bits per heavy atom. The zero-order chi connectivity index (χ0) is 19.4. The fourth-order valence-electron chi connectivity index (χ4n) is 4.70. The number of hydrogen-bond donors (Lipinski definition) is 0. The molecule has 0 unspecified atom stereocenters. The predicted molar refractivity (Wildman–Crippen MR) is 102 cm³/mol. The first-order valence-electron chi connectivity index (χ1n) is 9.89. The molecule has 0 bridgehead atoms. The van der Waals surface area contributed by atoms with E-state index in [2.05, 4.69) is 0 Å². The molecule has 6 heteroatoms. The highest BCUT2D eigenvalue weighted by atomic mass is 16.2. The second-order valence-electron chi connectivity index (χ2n) is 7.74. The minimum atomic E-state index is -0.238. The smallest absolute Gasteiger partial charge is 0.261 e. The maximum absolute atomic E-state index is 12.7. The van der Waals surface area contributed by atoms with Crippen LogP contribution in [0.2, 0.25) is 0 Å². The van der Waals surface area contributed by atoms with Crippen molar-refractivity contribution in [3.63, 3.8) is 0 Å². The average molecular weight is 376 g/mol. The number of anilines is 2. The lowest BCUT2D eigenvalue weighted by atomic mass is 9.93. The standard InChI is InChI=1S/C22H20N2O4/c25-19-15-5-1-2-6-16(15)20(26)23(19)13-9-11-14(12-10-13)24-21(27)17-7-3-4-8-18(17)22(24)28/h9-12H,1-8H2. The molecule has 4 amide bonds. The number of benzene rings is 1. The first-order valence-corrected chi connectivity index (χ1v) is 9.89. The van der Waals surface area contributed by atoms with Gasteiger partial charge in [-0.3, -0.25) is 19.2 Å². The first kappa shape index (κ1) is 17.1. The lowest BCUT2D eigenvalue weighted by Gasteiger charge is -2.18. The van der Waals surface area contributed by atoms with Gasteiger partial charge in [-0.15, -0.1) is 0 Å². The summed E-state index contributed by atoms with van der Waals surface area (Å²) in [6.07, 6.45) is 6.35. The Morgan fingerprint density at radius 1 is 0.464 bits per heavy atom. The molecule has 0 saturated heterocycles. The molecule has 0 aromatic heterocycles. The highest BCUT2D eigenvalue weighted by Gasteiger charge is 2.41. The molecule has 4 aliphatic rings. The largest absolute Gasteiger partial charge is 0.269 e. The van der Waals surface area contributed by atoms with E-state index in [9.17, 15) is 19.2 Å². The van der Waals surface area contributed by atoms with Crippen molar-refractivity contribution in [1.29, 1.82) is 0 Å². The lowest BCUT2D eigenvalue weighted by molar-refractivity contribution is -0.122. The van der Waals surface area contributed by atoms with Gasteiger partial charge in [0.05, 0.1) is 11.4 Å². The number of nitrogens with zero attached hydrogens (tertiary/aromatic N) is 2. The van der Waals surface area contributed by atoms with Crippen LogP contribution in [0, 0.1) is 0 Å². The van der Waals surface area contributed by atoms with Crippen molar-refractivity contribution >= 4 is 35.0 Å². The van der Waals surface area contributed by atoms with Gasteiger partial charge in [0.2, 0.25) is 0 Å². The van der Waals surface area contributed by atoms with Gasteiger partial charge in [-0.1, -0.05) is 0 Å². The van der Waals surface area contributed by atoms with Crippen LogP contribution in [0.5, 0.6) is 0 Å². The normalized spacial score (nSPS) is 22.4. The molecule has 2 heterocycles. The van der Waals surface area contributed by atoms with Gasteiger partial charge in [-0.25, -0.2) is 9.80 Å². The molecule has 0 radical (unpaired) electrons. The molecule has 5 rings (SSSR count). The molecule has 1 aromatic carbocycles. The van der Waals surface area contributed by atoms with E-state index in [4.69, 9.17) is 0 Å². The Balaban J connectivity index is 1.42. The molecule has 2 aliphatic heterocycles. The van der Waals surface area contributed by atoms with Crippen LogP contribution in [-0.4, -0.2) is 23.6 Å². The second-order valence-corrected chi connectivity index (χ2v) is 7.74. The van der Waals surface area contributed by atoms with Crippen molar-refractivity contribution in [1.82, 2.24) is 0 Å². The topological polar surface area (TPSA) is 74.8 Å². The molecule has 0 atom stereocenters. The van der Waals surface area contributed by atoms with Gasteiger partial charge in [0.25, 0.3) is 23.6 Å². The Hall–Kier alpha value is -3.02. The second kappa shape index (κ2) is 6.26. The molecule has 2 aliphatic carbocycles. The third kappa shape index (κ3) is 2.33. The van der Waals surface area contributed by atoms with Crippen LogP contribution < -0.4 is 9.80 Å². The van der Waals surface area contributed by atoms with Crippen LogP contribution in [0.4, 0.5) is 11.4 Å². The van der Waals surface area contributed by atoms with Gasteiger partial charge in [0.15, 0.2) is 0 Å². The molecule has 0 saturated carbocycles. The molecule has 0 N–H and O–H groups in total.